The van der Waals surface area contributed by atoms with E-state index in [0.717, 1.165) is 49.9 Å². The Bertz CT molecular complexity index is 1290. The molecule has 0 saturated carbocycles. The van der Waals surface area contributed by atoms with Crippen molar-refractivity contribution in [1.82, 2.24) is 0 Å². The number of hydrogen-bond acceptors (Lipinski definition) is 2. The largest absolute Gasteiger partial charge is 0.399 e. The Kier molecular flexibility index (Phi) is 15.4. The van der Waals surface area contributed by atoms with Gasteiger partial charge in [0, 0.05) is 23.2 Å². The van der Waals surface area contributed by atoms with Crippen molar-refractivity contribution < 1.29 is 0 Å². The van der Waals surface area contributed by atoms with Crippen molar-refractivity contribution in [2.45, 2.75) is 129 Å². The molecule has 4 N–H and O–H groups in total. The minimum Gasteiger partial charge on any atom is -0.399 e. The fraction of sp³-hybridized carbons (Fsp3) is 0.467. The molecule has 0 fully saturated rings. The molecule has 0 aromatic heterocycles. The molecule has 47 heavy (non-hydrogen) atoms. The normalized spacial score (nSPS) is 13.3. The number of nitrogen functional groups attached to an aromatic ring is 2. The first-order valence-electron chi connectivity index (χ1n) is 18.9. The smallest absolute Gasteiger partial charge is 0.0314 e. The molecule has 0 aliphatic heterocycles. The molecule has 0 radical (unpaired) electrons. The van der Waals surface area contributed by atoms with Gasteiger partial charge in [0.05, 0.1) is 0 Å². The fourth-order valence-corrected chi connectivity index (χ4v) is 7.37. The van der Waals surface area contributed by atoms with E-state index in [0.29, 0.717) is 17.8 Å². The van der Waals surface area contributed by atoms with Crippen LogP contribution in [0.4, 0.5) is 11.4 Å². The number of hydrogen-bond donors (Lipinski definition) is 2. The van der Waals surface area contributed by atoms with Crippen LogP contribution in [0.25, 0.3) is 0 Å². The van der Waals surface area contributed by atoms with Crippen LogP contribution >= 0.6 is 0 Å². The van der Waals surface area contributed by atoms with E-state index in [1.807, 2.05) is 24.3 Å². The van der Waals surface area contributed by atoms with Crippen molar-refractivity contribution >= 4 is 11.4 Å². The van der Waals surface area contributed by atoms with Gasteiger partial charge in [-0.1, -0.05) is 158 Å². The molecule has 2 nitrogen and oxygen atoms in total. The molecule has 2 unspecified atom stereocenters. The number of anilines is 2. The van der Waals surface area contributed by atoms with Crippen molar-refractivity contribution in [2.24, 2.45) is 5.92 Å². The van der Waals surface area contributed by atoms with Gasteiger partial charge in [-0.15, -0.1) is 0 Å². The van der Waals surface area contributed by atoms with Gasteiger partial charge in [-0.25, -0.2) is 0 Å². The minimum atomic E-state index is 0.422. The van der Waals surface area contributed by atoms with Gasteiger partial charge in [0.1, 0.15) is 0 Å². The van der Waals surface area contributed by atoms with Gasteiger partial charge >= 0.3 is 0 Å². The molecule has 0 aliphatic carbocycles. The van der Waals surface area contributed by atoms with E-state index in [1.54, 1.807) is 0 Å². The van der Waals surface area contributed by atoms with E-state index in [2.05, 4.69) is 93.6 Å². The molecular weight excluding hydrogens is 569 g/mol. The third kappa shape index (κ3) is 11.9. The third-order valence-electron chi connectivity index (χ3n) is 10.1. The van der Waals surface area contributed by atoms with E-state index in [1.165, 1.54) is 91.2 Å². The molecule has 252 valence electrons. The van der Waals surface area contributed by atoms with Crippen molar-refractivity contribution in [3.63, 3.8) is 0 Å². The standard InChI is InChI=1S/C45H62N2/c1-4-7-8-9-10-11-12-13-16-37(33-35-17-21-38(22-18-35)44(14-5-2)40-25-29-42(46)30-26-40)34-36-19-23-39(24-20-36)45(15-6-3)41-27-31-43(47)32-28-41/h17-32,37,44-45H,4-16,33-34,46-47H2,1-3H3. The Hall–Kier alpha value is -3.52. The lowest BCUT2D eigenvalue weighted by molar-refractivity contribution is 0.444. The van der Waals surface area contributed by atoms with E-state index in [9.17, 15) is 0 Å². The Balaban J connectivity index is 1.44. The maximum atomic E-state index is 5.99. The number of benzene rings is 4. The summed E-state index contributed by atoms with van der Waals surface area (Å²) in [7, 11) is 0. The zero-order valence-corrected chi connectivity index (χ0v) is 29.7. The Morgan fingerprint density at radius 1 is 0.383 bits per heavy atom. The Morgan fingerprint density at radius 2 is 0.723 bits per heavy atom. The van der Waals surface area contributed by atoms with Crippen LogP contribution in [-0.4, -0.2) is 0 Å². The number of rotatable bonds is 21. The van der Waals surface area contributed by atoms with E-state index >= 15 is 0 Å². The second-order valence-corrected chi connectivity index (χ2v) is 14.0. The number of nitrogens with two attached hydrogens (primary N) is 2. The monoisotopic (exact) mass is 630 g/mol. The van der Waals surface area contributed by atoms with Gasteiger partial charge in [0.25, 0.3) is 0 Å². The molecule has 0 heterocycles. The summed E-state index contributed by atoms with van der Waals surface area (Å²) in [6.07, 6.45) is 19.2. The lowest BCUT2D eigenvalue weighted by Crippen LogP contribution is -2.10. The van der Waals surface area contributed by atoms with E-state index < -0.39 is 0 Å². The van der Waals surface area contributed by atoms with Crippen LogP contribution in [0, 0.1) is 5.92 Å². The summed E-state index contributed by atoms with van der Waals surface area (Å²) in [6.45, 7) is 6.86. The summed E-state index contributed by atoms with van der Waals surface area (Å²) in [5, 5.41) is 0. The first-order valence-corrected chi connectivity index (χ1v) is 18.9. The minimum absolute atomic E-state index is 0.422. The van der Waals surface area contributed by atoms with Crippen molar-refractivity contribution in [2.75, 3.05) is 11.5 Å². The predicted octanol–water partition coefficient (Wildman–Crippen LogP) is 12.6. The summed E-state index contributed by atoms with van der Waals surface area (Å²) in [5.41, 5.74) is 22.1. The van der Waals surface area contributed by atoms with Crippen LogP contribution in [0.2, 0.25) is 0 Å². The molecule has 0 amide bonds. The molecule has 4 aromatic carbocycles. The van der Waals surface area contributed by atoms with Crippen molar-refractivity contribution in [3.05, 3.63) is 130 Å². The highest BCUT2D eigenvalue weighted by Gasteiger charge is 2.17. The van der Waals surface area contributed by atoms with E-state index in [4.69, 9.17) is 11.5 Å². The summed E-state index contributed by atoms with van der Waals surface area (Å²) in [6, 6.07) is 36.1. The van der Waals surface area contributed by atoms with Gasteiger partial charge in [-0.3, -0.25) is 0 Å². The second kappa shape index (κ2) is 20.0. The predicted molar refractivity (Wildman–Crippen MR) is 206 cm³/mol. The van der Waals surface area contributed by atoms with Crippen LogP contribution in [0.1, 0.15) is 149 Å². The fourth-order valence-electron chi connectivity index (χ4n) is 7.37. The van der Waals surface area contributed by atoms with Gasteiger partial charge in [0.15, 0.2) is 0 Å². The topological polar surface area (TPSA) is 52.0 Å². The highest BCUT2D eigenvalue weighted by atomic mass is 14.5. The van der Waals surface area contributed by atoms with Gasteiger partial charge in [-0.2, -0.15) is 0 Å². The number of unbranched alkanes of at least 4 members (excludes halogenated alkanes) is 7. The summed E-state index contributed by atoms with van der Waals surface area (Å²) < 4.78 is 0. The third-order valence-corrected chi connectivity index (χ3v) is 10.1. The summed E-state index contributed by atoms with van der Waals surface area (Å²) >= 11 is 0. The molecule has 0 saturated heterocycles. The molecule has 4 rings (SSSR count). The highest BCUT2D eigenvalue weighted by molar-refractivity contribution is 5.44. The zero-order valence-electron chi connectivity index (χ0n) is 29.7. The van der Waals surface area contributed by atoms with Crippen LogP contribution in [0.15, 0.2) is 97.1 Å². The Morgan fingerprint density at radius 3 is 1.09 bits per heavy atom. The Labute approximate surface area is 287 Å². The lowest BCUT2D eigenvalue weighted by atomic mass is 9.84. The average molecular weight is 631 g/mol. The van der Waals surface area contributed by atoms with Crippen LogP contribution in [0.3, 0.4) is 0 Å². The summed E-state index contributed by atoms with van der Waals surface area (Å²) in [4.78, 5) is 0. The quantitative estimate of drug-likeness (QED) is 0.0711. The second-order valence-electron chi connectivity index (χ2n) is 14.0. The molecular formula is C45H62N2. The maximum absolute atomic E-state index is 5.99. The van der Waals surface area contributed by atoms with Crippen LogP contribution in [-0.2, 0) is 12.8 Å². The van der Waals surface area contributed by atoms with Crippen LogP contribution in [0.5, 0.6) is 0 Å². The van der Waals surface area contributed by atoms with E-state index in [-0.39, 0.29) is 0 Å². The average Bonchev–Trinajstić information content (AvgIpc) is 3.09. The molecule has 0 aliphatic rings. The first-order chi connectivity index (χ1) is 23.0. The highest BCUT2D eigenvalue weighted by Crippen LogP contribution is 2.32. The van der Waals surface area contributed by atoms with Crippen LogP contribution < -0.4 is 11.5 Å². The molecule has 2 heteroatoms. The van der Waals surface area contributed by atoms with Gasteiger partial charge in [0.2, 0.25) is 0 Å². The van der Waals surface area contributed by atoms with Crippen molar-refractivity contribution in [1.29, 1.82) is 0 Å². The molecule has 0 bridgehead atoms. The maximum Gasteiger partial charge on any atom is 0.0314 e. The molecule has 2 atom stereocenters. The molecule has 0 spiro atoms. The lowest BCUT2D eigenvalue weighted by Gasteiger charge is -2.21. The van der Waals surface area contributed by atoms with Gasteiger partial charge < -0.3 is 11.5 Å². The SMILES string of the molecule is CCCCCCCCCCC(Cc1ccc(C(CCC)c2ccc(N)cc2)cc1)Cc1ccc(C(CCC)c2ccc(N)cc2)cc1. The van der Waals surface area contributed by atoms with Crippen molar-refractivity contribution in [3.8, 4) is 0 Å². The first kappa shape index (κ1) is 36.3. The summed E-state index contributed by atoms with van der Waals surface area (Å²) in [5.74, 6) is 1.50. The van der Waals surface area contributed by atoms with Gasteiger partial charge in [-0.05, 0) is 95.7 Å². The zero-order chi connectivity index (χ0) is 33.3. The molecule has 4 aromatic rings.